The first-order valence-corrected chi connectivity index (χ1v) is 32.7. The molecule has 37 heteroatoms. The Morgan fingerprint density at radius 3 is 1.27 bits per heavy atom. The van der Waals surface area contributed by atoms with Crippen molar-refractivity contribution in [2.24, 2.45) is 5.92 Å². The standard InChI is InChI=1S/C66H89NO36/c1-26(2)47-52(100-62(82)42-21-19-18-20-22-42)55(50(90-35(11)74)43(97-47)23-83-30(6)69)101-63-46(67-29(5)68)60(81)66(45(99-63)25-85-32(8)71,61-57(95-40(16)79)53(92-37(13)76)48(27(3)86-61)88-33(9)72)103-65-59(56(94-39(15)78)51(91-36(12)75)44(98-65)24-84-31(7)70)102-64-58(96-41(17)80)54(93-38(14)77)49(28(4)87-64)89-34(10)73/h18-22,26-28,43-61,63-65,81H,23-25H2,1-17H3,(H,67,68)/t27?,28?,43?,44?,45?,46?,47-,48+,49-,50+,51-,52?,53+,54?,55-,56-,57?,58-,59?,60+,61+,63-,64-,65-,66+/m0/s1. The second-order valence-electron chi connectivity index (χ2n) is 25.0. The van der Waals surface area contributed by atoms with Crippen molar-refractivity contribution < 1.29 is 172 Å². The molecule has 0 bridgehead atoms. The minimum absolute atomic E-state index is 0.0231. The topological polar surface area (TPSA) is 465 Å². The summed E-state index contributed by atoms with van der Waals surface area (Å²) < 4.78 is 129. The van der Waals surface area contributed by atoms with Gasteiger partial charge in [-0.2, -0.15) is 0 Å². The molecule has 1 aromatic carbocycles. The molecule has 37 nitrogen and oxygen atoms in total. The van der Waals surface area contributed by atoms with Gasteiger partial charge in [-0.1, -0.05) is 32.0 Å². The molecule has 25 atom stereocenters. The van der Waals surface area contributed by atoms with Gasteiger partial charge in [0.05, 0.1) is 17.8 Å². The van der Waals surface area contributed by atoms with E-state index in [2.05, 4.69) is 5.32 Å². The van der Waals surface area contributed by atoms with E-state index < -0.39 is 262 Å². The van der Waals surface area contributed by atoms with E-state index in [9.17, 15) is 72.2 Å². The lowest BCUT2D eigenvalue weighted by Crippen LogP contribution is -2.81. The molecule has 2 N–H and O–H groups in total. The highest BCUT2D eigenvalue weighted by Crippen LogP contribution is 2.48. The minimum atomic E-state index is -3.33. The normalized spacial score (nSPS) is 34.0. The first kappa shape index (κ1) is 83.4. The monoisotopic (exact) mass is 1470 g/mol. The van der Waals surface area contributed by atoms with Gasteiger partial charge in [-0.3, -0.25) is 62.3 Å². The van der Waals surface area contributed by atoms with Crippen LogP contribution in [0, 0.1) is 5.92 Å². The fourth-order valence-corrected chi connectivity index (χ4v) is 12.7. The van der Waals surface area contributed by atoms with Gasteiger partial charge in [-0.05, 0) is 31.9 Å². The highest BCUT2D eigenvalue weighted by Gasteiger charge is 2.71. The maximum Gasteiger partial charge on any atom is 0.338 e. The van der Waals surface area contributed by atoms with Gasteiger partial charge in [0, 0.05) is 90.0 Å². The summed E-state index contributed by atoms with van der Waals surface area (Å²) in [7, 11) is 0. The third kappa shape index (κ3) is 21.8. The summed E-state index contributed by atoms with van der Waals surface area (Å²) in [6.45, 7) is 15.2. The Kier molecular flexibility index (Phi) is 29.7. The van der Waals surface area contributed by atoms with Crippen LogP contribution in [0.5, 0.6) is 0 Å². The van der Waals surface area contributed by atoms with Crippen molar-refractivity contribution in [3.63, 3.8) is 0 Å². The molecule has 6 rings (SSSR count). The SMILES string of the molecule is CC(=O)NC1[C@H](O[C@@H]2C(OC(=O)c3ccccc3)[C@H](C(C)C)OC(COC(C)=O)[C@H]2OC(C)=O)OC(COC(C)=O)[C@](O[C@@H]2OC(COC(C)=O)[C@H](OC(C)=O)[C@H](OC(C)=O)C2O[C@@H]2OC(C)[C@H](OC(C)=O)C(OC(C)=O)[C@@H]2OC(C)=O)([C@@H]2OC(C)[C@@H](OC(C)=O)[C@@H](OC(C)=O)C2OC(C)=O)[C@@H]1O. The van der Waals surface area contributed by atoms with Crippen molar-refractivity contribution in [1.82, 2.24) is 5.32 Å². The fourth-order valence-electron chi connectivity index (χ4n) is 12.7. The van der Waals surface area contributed by atoms with Crippen LogP contribution >= 0.6 is 0 Å². The lowest BCUT2D eigenvalue weighted by Gasteiger charge is -2.60. The lowest BCUT2D eigenvalue weighted by molar-refractivity contribution is -0.426. The van der Waals surface area contributed by atoms with Crippen LogP contribution in [0.1, 0.15) is 128 Å². The summed E-state index contributed by atoms with van der Waals surface area (Å²) in [5, 5.41) is 16.8. The van der Waals surface area contributed by atoms with Gasteiger partial charge in [0.1, 0.15) is 68.6 Å². The number of rotatable bonds is 26. The maximum absolute atomic E-state index is 14.4. The predicted molar refractivity (Wildman–Crippen MR) is 332 cm³/mol. The van der Waals surface area contributed by atoms with E-state index in [-0.39, 0.29) is 5.56 Å². The zero-order chi connectivity index (χ0) is 76.8. The molecule has 10 unspecified atom stereocenters. The number of carbonyl (C=O) groups excluding carboxylic acids is 14. The highest BCUT2D eigenvalue weighted by molar-refractivity contribution is 5.89. The summed E-state index contributed by atoms with van der Waals surface area (Å²) in [4.78, 5) is 187. The molecule has 103 heavy (non-hydrogen) atoms. The van der Waals surface area contributed by atoms with Crippen LogP contribution < -0.4 is 5.32 Å². The van der Waals surface area contributed by atoms with Crippen LogP contribution in [0.4, 0.5) is 0 Å². The third-order valence-electron chi connectivity index (χ3n) is 16.3. The lowest BCUT2D eigenvalue weighted by atomic mass is 9.73. The average Bonchev–Trinajstić information content (AvgIpc) is 0.710. The van der Waals surface area contributed by atoms with Crippen LogP contribution in [0.15, 0.2) is 30.3 Å². The summed E-state index contributed by atoms with van der Waals surface area (Å²) >= 11 is 0. The number of aliphatic hydroxyl groups excluding tert-OH is 1. The van der Waals surface area contributed by atoms with Crippen LogP contribution in [0.2, 0.25) is 0 Å². The van der Waals surface area contributed by atoms with Gasteiger partial charge >= 0.3 is 77.6 Å². The van der Waals surface area contributed by atoms with Crippen molar-refractivity contribution >= 4 is 83.5 Å². The Balaban J connectivity index is 1.78. The van der Waals surface area contributed by atoms with Gasteiger partial charge in [0.25, 0.3) is 0 Å². The number of ether oxygens (including phenoxy) is 21. The Morgan fingerprint density at radius 1 is 0.408 bits per heavy atom. The van der Waals surface area contributed by atoms with Crippen molar-refractivity contribution in [2.75, 3.05) is 19.8 Å². The van der Waals surface area contributed by atoms with E-state index in [1.807, 2.05) is 0 Å². The smallest absolute Gasteiger partial charge is 0.338 e. The number of benzene rings is 1. The van der Waals surface area contributed by atoms with E-state index in [1.165, 1.54) is 38.1 Å². The van der Waals surface area contributed by atoms with Crippen LogP contribution in [-0.2, 0) is 162 Å². The van der Waals surface area contributed by atoms with E-state index in [4.69, 9.17) is 99.5 Å². The Bertz CT molecular complexity index is 3230. The zero-order valence-corrected chi connectivity index (χ0v) is 59.7. The van der Waals surface area contributed by atoms with Crippen molar-refractivity contribution in [1.29, 1.82) is 0 Å². The number of aliphatic hydroxyl groups is 1. The van der Waals surface area contributed by atoms with Crippen molar-refractivity contribution in [2.45, 2.75) is 270 Å². The number of hydrogen-bond acceptors (Lipinski definition) is 36. The molecular weight excluding hydrogens is 1380 g/mol. The molecule has 0 aliphatic carbocycles. The molecule has 5 aliphatic heterocycles. The van der Waals surface area contributed by atoms with Crippen LogP contribution in [0.25, 0.3) is 0 Å². The minimum Gasteiger partial charge on any atom is -0.463 e. The summed E-state index contributed by atoms with van der Waals surface area (Å²) in [6, 6.07) is 5.16. The molecule has 0 aromatic heterocycles. The molecule has 5 heterocycles. The first-order chi connectivity index (χ1) is 48.2. The summed E-state index contributed by atoms with van der Waals surface area (Å²) in [6.07, 6.45) is -46.5. The maximum atomic E-state index is 14.4. The number of amides is 1. The summed E-state index contributed by atoms with van der Waals surface area (Å²) in [5.41, 5.74) is -3.35. The second-order valence-corrected chi connectivity index (χ2v) is 25.0. The number of hydrogen-bond donors (Lipinski definition) is 2. The Morgan fingerprint density at radius 2 is 0.806 bits per heavy atom. The van der Waals surface area contributed by atoms with Crippen LogP contribution in [-0.4, -0.2) is 261 Å². The van der Waals surface area contributed by atoms with Crippen molar-refractivity contribution in [3.05, 3.63) is 35.9 Å². The first-order valence-electron chi connectivity index (χ1n) is 32.7. The molecule has 1 aromatic rings. The molecule has 5 saturated heterocycles. The van der Waals surface area contributed by atoms with Gasteiger partial charge in [-0.25, -0.2) is 4.79 Å². The summed E-state index contributed by atoms with van der Waals surface area (Å²) in [5.74, 6) is -15.6. The number of nitrogens with one attached hydrogen (secondary N) is 1. The van der Waals surface area contributed by atoms with Gasteiger partial charge in [0.2, 0.25) is 5.91 Å². The zero-order valence-electron chi connectivity index (χ0n) is 59.7. The van der Waals surface area contributed by atoms with Gasteiger partial charge in [-0.15, -0.1) is 0 Å². The average molecular weight is 1470 g/mol. The van der Waals surface area contributed by atoms with E-state index in [0.29, 0.717) is 0 Å². The Labute approximate surface area is 590 Å². The van der Waals surface area contributed by atoms with E-state index in [1.54, 1.807) is 19.9 Å². The number of esters is 13. The fraction of sp³-hybridized carbons (Fsp3) is 0.697. The quantitative estimate of drug-likeness (QED) is 0.0916. The molecule has 5 aliphatic rings. The second kappa shape index (κ2) is 36.7. The van der Waals surface area contributed by atoms with Crippen LogP contribution in [0.3, 0.4) is 0 Å². The van der Waals surface area contributed by atoms with Crippen molar-refractivity contribution in [3.8, 4) is 0 Å². The molecule has 1 amide bonds. The predicted octanol–water partition coefficient (Wildman–Crippen LogP) is 0.0833. The molecule has 0 saturated carbocycles. The molecule has 0 radical (unpaired) electrons. The van der Waals surface area contributed by atoms with Gasteiger partial charge in [0.15, 0.2) is 91.6 Å². The molecular formula is C66H89NO36. The van der Waals surface area contributed by atoms with E-state index in [0.717, 1.165) is 90.0 Å². The molecule has 5 fully saturated rings. The molecule has 574 valence electrons. The largest absolute Gasteiger partial charge is 0.463 e. The number of carbonyl (C=O) groups is 14. The third-order valence-corrected chi connectivity index (χ3v) is 16.3. The molecule has 0 spiro atoms. The highest BCUT2D eigenvalue weighted by atomic mass is 16.8. The van der Waals surface area contributed by atoms with Gasteiger partial charge < -0.3 is 110 Å². The Hall–Kier alpha value is -8.56. The van der Waals surface area contributed by atoms with E-state index >= 15 is 0 Å².